The first kappa shape index (κ1) is 10.8. The van der Waals surface area contributed by atoms with Crippen LogP contribution in [0.15, 0.2) is 12.3 Å². The number of hydrogen-bond acceptors (Lipinski definition) is 4. The second-order valence-corrected chi connectivity index (χ2v) is 4.08. The third kappa shape index (κ3) is 2.26. The lowest BCUT2D eigenvalue weighted by atomic mass is 10.0. The van der Waals surface area contributed by atoms with Crippen LogP contribution in [0.3, 0.4) is 0 Å². The lowest BCUT2D eigenvalue weighted by Crippen LogP contribution is -2.18. The summed E-state index contributed by atoms with van der Waals surface area (Å²) in [5, 5.41) is 14.1. The molecule has 1 aliphatic carbocycles. The fourth-order valence-electron chi connectivity index (χ4n) is 2.07. The highest BCUT2D eigenvalue weighted by Gasteiger charge is 2.24. The SMILES string of the molecule is O=C(Cn1ccc([N+](=O)[O-])n1)C1CCCC1. The van der Waals surface area contributed by atoms with E-state index in [0.717, 1.165) is 25.7 Å². The summed E-state index contributed by atoms with van der Waals surface area (Å²) in [6, 6.07) is 1.31. The number of nitrogens with zero attached hydrogens (tertiary/aromatic N) is 3. The Balaban J connectivity index is 1.97. The van der Waals surface area contributed by atoms with Gasteiger partial charge in [-0.2, -0.15) is 4.68 Å². The van der Waals surface area contributed by atoms with E-state index in [-0.39, 0.29) is 24.1 Å². The van der Waals surface area contributed by atoms with Gasteiger partial charge in [-0.1, -0.05) is 12.8 Å². The molecule has 1 heterocycles. The Morgan fingerprint density at radius 1 is 1.56 bits per heavy atom. The van der Waals surface area contributed by atoms with E-state index < -0.39 is 4.92 Å². The number of aromatic nitrogens is 2. The van der Waals surface area contributed by atoms with Crippen LogP contribution >= 0.6 is 0 Å². The number of hydrogen-bond donors (Lipinski definition) is 0. The van der Waals surface area contributed by atoms with Crippen molar-refractivity contribution in [3.63, 3.8) is 0 Å². The number of carbonyl (C=O) groups is 1. The van der Waals surface area contributed by atoms with Gasteiger partial charge in [0, 0.05) is 5.92 Å². The van der Waals surface area contributed by atoms with E-state index in [2.05, 4.69) is 5.10 Å². The quantitative estimate of drug-likeness (QED) is 0.573. The van der Waals surface area contributed by atoms with Crippen molar-refractivity contribution in [2.75, 3.05) is 0 Å². The molecule has 2 rings (SSSR count). The Labute approximate surface area is 92.4 Å². The Hall–Kier alpha value is -1.72. The zero-order valence-electron chi connectivity index (χ0n) is 8.83. The van der Waals surface area contributed by atoms with E-state index in [0.29, 0.717) is 0 Å². The van der Waals surface area contributed by atoms with Gasteiger partial charge < -0.3 is 10.1 Å². The Bertz CT molecular complexity index is 407. The number of carbonyl (C=O) groups excluding carboxylic acids is 1. The molecule has 0 amide bonds. The van der Waals surface area contributed by atoms with E-state index in [9.17, 15) is 14.9 Å². The maximum absolute atomic E-state index is 11.8. The van der Waals surface area contributed by atoms with E-state index >= 15 is 0 Å². The van der Waals surface area contributed by atoms with Crippen LogP contribution in [0, 0.1) is 16.0 Å². The molecule has 6 heteroatoms. The zero-order valence-corrected chi connectivity index (χ0v) is 8.83. The van der Waals surface area contributed by atoms with Crippen LogP contribution in [0.1, 0.15) is 25.7 Å². The number of nitro groups is 1. The monoisotopic (exact) mass is 223 g/mol. The average molecular weight is 223 g/mol. The van der Waals surface area contributed by atoms with Gasteiger partial charge in [0.2, 0.25) is 0 Å². The molecule has 0 aliphatic heterocycles. The van der Waals surface area contributed by atoms with E-state index in [1.165, 1.54) is 16.9 Å². The number of rotatable bonds is 4. The average Bonchev–Trinajstić information content (AvgIpc) is 2.87. The molecule has 16 heavy (non-hydrogen) atoms. The third-order valence-corrected chi connectivity index (χ3v) is 2.94. The van der Waals surface area contributed by atoms with Gasteiger partial charge >= 0.3 is 5.82 Å². The molecule has 1 saturated carbocycles. The van der Waals surface area contributed by atoms with Crippen LogP contribution in [-0.4, -0.2) is 20.5 Å². The van der Waals surface area contributed by atoms with Crippen molar-refractivity contribution in [3.8, 4) is 0 Å². The molecule has 0 bridgehead atoms. The molecule has 0 spiro atoms. The van der Waals surface area contributed by atoms with E-state index in [1.807, 2.05) is 0 Å². The summed E-state index contributed by atoms with van der Waals surface area (Å²) in [5.74, 6) is 0.0537. The van der Waals surface area contributed by atoms with E-state index in [1.54, 1.807) is 0 Å². The predicted molar refractivity (Wildman–Crippen MR) is 55.8 cm³/mol. The Kier molecular flexibility index (Phi) is 2.98. The first-order chi connectivity index (χ1) is 7.66. The molecule has 6 nitrogen and oxygen atoms in total. The molecule has 0 unspecified atom stereocenters. The van der Waals surface area contributed by atoms with E-state index in [4.69, 9.17) is 0 Å². The fourth-order valence-corrected chi connectivity index (χ4v) is 2.07. The van der Waals surface area contributed by atoms with Gasteiger partial charge in [-0.15, -0.1) is 0 Å². The Morgan fingerprint density at radius 2 is 2.25 bits per heavy atom. The van der Waals surface area contributed by atoms with Gasteiger partial charge in [0.15, 0.2) is 5.78 Å². The molecule has 1 aromatic heterocycles. The third-order valence-electron chi connectivity index (χ3n) is 2.94. The second-order valence-electron chi connectivity index (χ2n) is 4.08. The van der Waals surface area contributed by atoms with Gasteiger partial charge in [-0.05, 0) is 17.8 Å². The van der Waals surface area contributed by atoms with Crippen LogP contribution in [-0.2, 0) is 11.3 Å². The summed E-state index contributed by atoms with van der Waals surface area (Å²) in [7, 11) is 0. The van der Waals surface area contributed by atoms with Gasteiger partial charge in [-0.25, -0.2) is 0 Å². The van der Waals surface area contributed by atoms with Gasteiger partial charge in [-0.3, -0.25) is 4.79 Å². The predicted octanol–water partition coefficient (Wildman–Crippen LogP) is 1.55. The summed E-state index contributed by atoms with van der Waals surface area (Å²) in [6.07, 6.45) is 5.58. The topological polar surface area (TPSA) is 78.0 Å². The van der Waals surface area contributed by atoms with Crippen LogP contribution < -0.4 is 0 Å². The minimum absolute atomic E-state index is 0.128. The highest BCUT2D eigenvalue weighted by Crippen LogP contribution is 2.25. The van der Waals surface area contributed by atoms with Crippen LogP contribution in [0.5, 0.6) is 0 Å². The van der Waals surface area contributed by atoms with Gasteiger partial charge in [0.25, 0.3) is 0 Å². The largest absolute Gasteiger partial charge is 0.389 e. The number of ketones is 1. The smallest absolute Gasteiger partial charge is 0.358 e. The first-order valence-corrected chi connectivity index (χ1v) is 5.37. The van der Waals surface area contributed by atoms with Crippen molar-refractivity contribution >= 4 is 11.6 Å². The minimum Gasteiger partial charge on any atom is -0.358 e. The highest BCUT2D eigenvalue weighted by molar-refractivity contribution is 5.80. The van der Waals surface area contributed by atoms with Crippen molar-refractivity contribution in [1.82, 2.24) is 9.78 Å². The molecule has 1 fully saturated rings. The molecule has 0 N–H and O–H groups in total. The normalized spacial score (nSPS) is 16.5. The molecule has 86 valence electrons. The molecule has 0 aromatic carbocycles. The maximum Gasteiger partial charge on any atom is 0.389 e. The summed E-state index contributed by atoms with van der Waals surface area (Å²) >= 11 is 0. The second kappa shape index (κ2) is 4.42. The van der Waals surface area contributed by atoms with Gasteiger partial charge in [0.05, 0.1) is 17.4 Å². The lowest BCUT2D eigenvalue weighted by Gasteiger charge is -2.05. The molecular formula is C10H13N3O3. The molecule has 0 saturated heterocycles. The van der Waals surface area contributed by atoms with Crippen molar-refractivity contribution in [2.24, 2.45) is 5.92 Å². The molecule has 0 atom stereocenters. The molecule has 1 aliphatic rings. The van der Waals surface area contributed by atoms with Gasteiger partial charge in [0.1, 0.15) is 6.54 Å². The van der Waals surface area contributed by atoms with Crippen LogP contribution in [0.25, 0.3) is 0 Å². The summed E-state index contributed by atoms with van der Waals surface area (Å²) in [4.78, 5) is 21.6. The van der Waals surface area contributed by atoms with Crippen molar-refractivity contribution < 1.29 is 9.72 Å². The highest BCUT2D eigenvalue weighted by atomic mass is 16.6. The van der Waals surface area contributed by atoms with Crippen molar-refractivity contribution in [1.29, 1.82) is 0 Å². The molecule has 0 radical (unpaired) electrons. The van der Waals surface area contributed by atoms with Crippen LogP contribution in [0.4, 0.5) is 5.82 Å². The zero-order chi connectivity index (χ0) is 11.5. The molecular weight excluding hydrogens is 210 g/mol. The standard InChI is InChI=1S/C10H13N3O3/c14-9(8-3-1-2-4-8)7-12-6-5-10(11-12)13(15)16/h5-6,8H,1-4,7H2. The van der Waals surface area contributed by atoms with Crippen molar-refractivity contribution in [3.05, 3.63) is 22.4 Å². The minimum atomic E-state index is -0.559. The Morgan fingerprint density at radius 3 is 2.81 bits per heavy atom. The fraction of sp³-hybridized carbons (Fsp3) is 0.600. The lowest BCUT2D eigenvalue weighted by molar-refractivity contribution is -0.389. The number of Topliss-reactive ketones (excluding diaryl/α,β-unsaturated/α-hetero) is 1. The maximum atomic E-state index is 11.8. The molecule has 1 aromatic rings. The summed E-state index contributed by atoms with van der Waals surface area (Å²) in [5.41, 5.74) is 0. The van der Waals surface area contributed by atoms with Crippen LogP contribution in [0.2, 0.25) is 0 Å². The summed E-state index contributed by atoms with van der Waals surface area (Å²) < 4.78 is 1.35. The van der Waals surface area contributed by atoms with Crippen molar-refractivity contribution in [2.45, 2.75) is 32.2 Å². The first-order valence-electron chi connectivity index (χ1n) is 5.37. The summed E-state index contributed by atoms with van der Waals surface area (Å²) in [6.45, 7) is 0.151.